The molecule has 1 aliphatic carbocycles. The predicted molar refractivity (Wildman–Crippen MR) is 90.8 cm³/mol. The molecule has 2 heterocycles. The molecule has 6 heteroatoms. The van der Waals surface area contributed by atoms with Gasteiger partial charge in [0.15, 0.2) is 0 Å². The molecule has 0 spiro atoms. The summed E-state index contributed by atoms with van der Waals surface area (Å²) < 4.78 is 14.4. The zero-order chi connectivity index (χ0) is 17.4. The number of halogens is 1. The van der Waals surface area contributed by atoms with Crippen molar-refractivity contribution in [3.05, 3.63) is 66.5 Å². The van der Waals surface area contributed by atoms with Crippen LogP contribution in [0.5, 0.6) is 0 Å². The second kappa shape index (κ2) is 5.73. The van der Waals surface area contributed by atoms with Crippen LogP contribution in [0.25, 0.3) is 22.5 Å². The Kier molecular flexibility index (Phi) is 3.53. The van der Waals surface area contributed by atoms with Gasteiger partial charge >= 0.3 is 0 Å². The third-order valence-corrected chi connectivity index (χ3v) is 4.57. The van der Waals surface area contributed by atoms with Crippen molar-refractivity contribution in [1.82, 2.24) is 15.0 Å². The summed E-state index contributed by atoms with van der Waals surface area (Å²) in [6.07, 6.45) is 6.13. The minimum absolute atomic E-state index is 0.337. The lowest BCUT2D eigenvalue weighted by molar-refractivity contribution is -0.120. The average molecular weight is 334 g/mol. The largest absolute Gasteiger partial charge is 0.369 e. The monoisotopic (exact) mass is 334 g/mol. The summed E-state index contributed by atoms with van der Waals surface area (Å²) >= 11 is 0. The predicted octanol–water partition coefficient (Wildman–Crippen LogP) is 2.86. The third-order valence-electron chi connectivity index (χ3n) is 4.57. The minimum Gasteiger partial charge on any atom is -0.369 e. The normalized spacial score (nSPS) is 14.9. The van der Waals surface area contributed by atoms with E-state index in [2.05, 4.69) is 15.0 Å². The van der Waals surface area contributed by atoms with Crippen molar-refractivity contribution < 1.29 is 9.18 Å². The lowest BCUT2D eigenvalue weighted by atomic mass is 9.99. The van der Waals surface area contributed by atoms with E-state index in [-0.39, 0.29) is 0 Å². The van der Waals surface area contributed by atoms with Crippen molar-refractivity contribution in [2.75, 3.05) is 0 Å². The Morgan fingerprint density at radius 2 is 1.80 bits per heavy atom. The zero-order valence-electron chi connectivity index (χ0n) is 13.3. The number of hydrogen-bond donors (Lipinski definition) is 1. The van der Waals surface area contributed by atoms with E-state index in [1.165, 1.54) is 6.07 Å². The van der Waals surface area contributed by atoms with Crippen molar-refractivity contribution >= 4 is 5.91 Å². The van der Waals surface area contributed by atoms with Crippen LogP contribution in [0.15, 0.2) is 55.0 Å². The van der Waals surface area contributed by atoms with Crippen LogP contribution in [0.1, 0.15) is 18.5 Å². The topological polar surface area (TPSA) is 81.8 Å². The Bertz CT molecular complexity index is 955. The fourth-order valence-electron chi connectivity index (χ4n) is 2.94. The molecule has 0 radical (unpaired) electrons. The molecule has 0 bridgehead atoms. The number of rotatable bonds is 4. The molecule has 25 heavy (non-hydrogen) atoms. The van der Waals surface area contributed by atoms with Gasteiger partial charge in [-0.2, -0.15) is 0 Å². The molecule has 1 aromatic carbocycles. The second-order valence-electron chi connectivity index (χ2n) is 6.11. The van der Waals surface area contributed by atoms with E-state index in [4.69, 9.17) is 5.73 Å². The van der Waals surface area contributed by atoms with Crippen LogP contribution in [0.3, 0.4) is 0 Å². The molecular formula is C19H15FN4O. The standard InChI is InChI=1S/C19H15FN4O/c20-14-4-2-1-3-13(14)17-16(12-5-9-22-10-6-12)23-11-15(24-17)19(7-8-19)18(21)25/h1-6,9-11H,7-8H2,(H2,21,25). The number of carbonyl (C=O) groups is 1. The maximum atomic E-state index is 14.4. The molecule has 1 saturated carbocycles. The number of amides is 1. The first-order chi connectivity index (χ1) is 12.1. The molecule has 124 valence electrons. The Hall–Kier alpha value is -3.15. The molecule has 0 saturated heterocycles. The molecule has 0 atom stereocenters. The molecule has 5 nitrogen and oxygen atoms in total. The summed E-state index contributed by atoms with van der Waals surface area (Å²) in [5, 5.41) is 0. The van der Waals surface area contributed by atoms with Crippen LogP contribution < -0.4 is 5.73 Å². The van der Waals surface area contributed by atoms with Crippen molar-refractivity contribution in [2.24, 2.45) is 5.73 Å². The van der Waals surface area contributed by atoms with E-state index in [0.717, 1.165) is 5.56 Å². The van der Waals surface area contributed by atoms with E-state index in [0.29, 0.717) is 35.5 Å². The van der Waals surface area contributed by atoms with E-state index in [9.17, 15) is 9.18 Å². The first-order valence-corrected chi connectivity index (χ1v) is 7.94. The minimum atomic E-state index is -0.774. The second-order valence-corrected chi connectivity index (χ2v) is 6.11. The number of nitrogens with zero attached hydrogens (tertiary/aromatic N) is 3. The first kappa shape index (κ1) is 15.4. The van der Waals surface area contributed by atoms with Crippen molar-refractivity contribution in [2.45, 2.75) is 18.3 Å². The number of primary amides is 1. The van der Waals surface area contributed by atoms with Gasteiger partial charge < -0.3 is 5.73 Å². The van der Waals surface area contributed by atoms with Crippen molar-refractivity contribution in [1.29, 1.82) is 0 Å². The van der Waals surface area contributed by atoms with Gasteiger partial charge in [0.05, 0.1) is 28.7 Å². The number of pyridine rings is 1. The summed E-state index contributed by atoms with van der Waals surface area (Å²) in [7, 11) is 0. The van der Waals surface area contributed by atoms with Crippen LogP contribution in [0, 0.1) is 5.82 Å². The van der Waals surface area contributed by atoms with Gasteiger partial charge in [-0.05, 0) is 37.1 Å². The highest BCUT2D eigenvalue weighted by Crippen LogP contribution is 2.47. The smallest absolute Gasteiger partial charge is 0.229 e. The van der Waals surface area contributed by atoms with Crippen LogP contribution in [-0.4, -0.2) is 20.9 Å². The SMILES string of the molecule is NC(=O)C1(c2cnc(-c3ccncc3)c(-c3ccccc3F)n2)CC1. The number of hydrogen-bond acceptors (Lipinski definition) is 4. The summed E-state index contributed by atoms with van der Waals surface area (Å²) in [4.78, 5) is 24.9. The van der Waals surface area contributed by atoms with Crippen molar-refractivity contribution in [3.63, 3.8) is 0 Å². The number of carbonyl (C=O) groups excluding carboxylic acids is 1. The van der Waals surface area contributed by atoms with Gasteiger partial charge in [0.1, 0.15) is 5.82 Å². The Balaban J connectivity index is 1.94. The maximum absolute atomic E-state index is 14.4. The van der Waals surface area contributed by atoms with Gasteiger partial charge in [0, 0.05) is 23.5 Å². The molecule has 3 aromatic rings. The third kappa shape index (κ3) is 2.55. The summed E-state index contributed by atoms with van der Waals surface area (Å²) in [5.74, 6) is -0.814. The molecule has 1 amide bonds. The van der Waals surface area contributed by atoms with Crippen LogP contribution in [0.4, 0.5) is 4.39 Å². The Morgan fingerprint density at radius 3 is 2.44 bits per heavy atom. The van der Waals surface area contributed by atoms with E-state index >= 15 is 0 Å². The highest BCUT2D eigenvalue weighted by atomic mass is 19.1. The first-order valence-electron chi connectivity index (χ1n) is 7.94. The van der Waals surface area contributed by atoms with E-state index < -0.39 is 17.1 Å². The highest BCUT2D eigenvalue weighted by molar-refractivity contribution is 5.89. The van der Waals surface area contributed by atoms with E-state index in [1.54, 1.807) is 48.9 Å². The summed E-state index contributed by atoms with van der Waals surface area (Å²) in [6.45, 7) is 0. The summed E-state index contributed by atoms with van der Waals surface area (Å²) in [6, 6.07) is 9.96. The van der Waals surface area contributed by atoms with E-state index in [1.807, 2.05) is 0 Å². The zero-order valence-corrected chi connectivity index (χ0v) is 13.3. The van der Waals surface area contributed by atoms with Gasteiger partial charge in [-0.3, -0.25) is 14.8 Å². The molecule has 2 aromatic heterocycles. The molecule has 1 aliphatic rings. The van der Waals surface area contributed by atoms with Crippen LogP contribution in [-0.2, 0) is 10.2 Å². The van der Waals surface area contributed by atoms with Crippen molar-refractivity contribution in [3.8, 4) is 22.5 Å². The fourth-order valence-corrected chi connectivity index (χ4v) is 2.94. The van der Waals surface area contributed by atoms with Gasteiger partial charge in [-0.15, -0.1) is 0 Å². The van der Waals surface area contributed by atoms with Crippen LogP contribution >= 0.6 is 0 Å². The fraction of sp³-hybridized carbons (Fsp3) is 0.158. The molecule has 0 aliphatic heterocycles. The molecule has 2 N–H and O–H groups in total. The van der Waals surface area contributed by atoms with Gasteiger partial charge in [0.25, 0.3) is 0 Å². The quantitative estimate of drug-likeness (QED) is 0.795. The van der Waals surface area contributed by atoms with Gasteiger partial charge in [-0.25, -0.2) is 9.37 Å². The van der Waals surface area contributed by atoms with Crippen LogP contribution in [0.2, 0.25) is 0 Å². The number of benzene rings is 1. The van der Waals surface area contributed by atoms with Gasteiger partial charge in [0.2, 0.25) is 5.91 Å². The summed E-state index contributed by atoms with van der Waals surface area (Å²) in [5.41, 5.74) is 7.31. The molecule has 0 unspecified atom stereocenters. The lowest BCUT2D eigenvalue weighted by Crippen LogP contribution is -2.29. The number of aromatic nitrogens is 3. The highest BCUT2D eigenvalue weighted by Gasteiger charge is 2.52. The lowest BCUT2D eigenvalue weighted by Gasteiger charge is -2.15. The van der Waals surface area contributed by atoms with Gasteiger partial charge in [-0.1, -0.05) is 12.1 Å². The molecule has 4 rings (SSSR count). The Morgan fingerprint density at radius 1 is 1.08 bits per heavy atom. The molecule has 1 fully saturated rings. The number of nitrogens with two attached hydrogens (primary N) is 1. The Labute approximate surface area is 143 Å². The maximum Gasteiger partial charge on any atom is 0.229 e. The average Bonchev–Trinajstić information content (AvgIpc) is 3.45. The molecular weight excluding hydrogens is 319 g/mol.